The lowest BCUT2D eigenvalue weighted by molar-refractivity contribution is 0.00542. The highest BCUT2D eigenvalue weighted by Gasteiger charge is 2.33. The third-order valence-corrected chi connectivity index (χ3v) is 4.00. The zero-order valence-electron chi connectivity index (χ0n) is 12.6. The number of aryl methyl sites for hydroxylation is 1. The summed E-state index contributed by atoms with van der Waals surface area (Å²) in [4.78, 5) is 17.9. The van der Waals surface area contributed by atoms with Crippen molar-refractivity contribution in [2.24, 2.45) is 0 Å². The van der Waals surface area contributed by atoms with E-state index in [1.165, 1.54) is 5.01 Å². The summed E-state index contributed by atoms with van der Waals surface area (Å²) in [6.45, 7) is 10.0. The van der Waals surface area contributed by atoms with Crippen LogP contribution in [0, 0.1) is 6.92 Å². The van der Waals surface area contributed by atoms with Gasteiger partial charge in [-0.1, -0.05) is 0 Å². The van der Waals surface area contributed by atoms with Crippen molar-refractivity contribution in [2.75, 3.05) is 19.6 Å². The number of carbonyl (C=O) groups excluding carboxylic acids is 1. The van der Waals surface area contributed by atoms with Crippen LogP contribution in [-0.4, -0.2) is 47.3 Å². The maximum Gasteiger partial charge on any atom is 0.410 e. The van der Waals surface area contributed by atoms with Crippen molar-refractivity contribution in [3.63, 3.8) is 0 Å². The van der Waals surface area contributed by atoms with Crippen LogP contribution in [0.4, 0.5) is 4.79 Å². The molecule has 1 amide bonds. The molecule has 2 rings (SSSR count). The molecule has 0 unspecified atom stereocenters. The van der Waals surface area contributed by atoms with E-state index in [2.05, 4.69) is 15.7 Å². The van der Waals surface area contributed by atoms with Crippen molar-refractivity contribution in [1.29, 1.82) is 0 Å². The van der Waals surface area contributed by atoms with E-state index in [0.29, 0.717) is 6.04 Å². The molecule has 1 saturated heterocycles. The monoisotopic (exact) mass is 297 g/mol. The van der Waals surface area contributed by atoms with Crippen LogP contribution >= 0.6 is 11.3 Å². The number of carbonyl (C=O) groups is 1. The topological polar surface area (TPSA) is 54.5 Å². The van der Waals surface area contributed by atoms with Crippen LogP contribution in [0.15, 0.2) is 5.38 Å². The number of hydrogen-bond donors (Lipinski definition) is 1. The molecule has 6 heteroatoms. The molecule has 20 heavy (non-hydrogen) atoms. The van der Waals surface area contributed by atoms with Crippen molar-refractivity contribution in [2.45, 2.75) is 45.8 Å². The fourth-order valence-corrected chi connectivity index (χ4v) is 2.76. The van der Waals surface area contributed by atoms with Crippen LogP contribution in [-0.2, 0) is 11.2 Å². The second-order valence-corrected chi connectivity index (χ2v) is 7.11. The van der Waals surface area contributed by atoms with Crippen molar-refractivity contribution >= 4 is 17.4 Å². The summed E-state index contributed by atoms with van der Waals surface area (Å²) in [6.07, 6.45) is 0.729. The summed E-state index contributed by atoms with van der Waals surface area (Å²) in [6, 6.07) is 0.378. The van der Waals surface area contributed by atoms with Crippen molar-refractivity contribution < 1.29 is 9.53 Å². The lowest BCUT2D eigenvalue weighted by atomic mass is 10.1. The first-order valence-electron chi connectivity index (χ1n) is 6.96. The van der Waals surface area contributed by atoms with Crippen molar-refractivity contribution in [3.8, 4) is 0 Å². The number of ether oxygens (including phenoxy) is 1. The Morgan fingerprint density at radius 1 is 1.55 bits per heavy atom. The van der Waals surface area contributed by atoms with Gasteiger partial charge in [0.25, 0.3) is 0 Å². The predicted octanol–water partition coefficient (Wildman–Crippen LogP) is 2.20. The Bertz CT molecular complexity index is 461. The quantitative estimate of drug-likeness (QED) is 0.925. The number of nitrogens with zero attached hydrogens (tertiary/aromatic N) is 2. The van der Waals surface area contributed by atoms with Gasteiger partial charge in [0.05, 0.1) is 5.01 Å². The molecule has 0 radical (unpaired) electrons. The van der Waals surface area contributed by atoms with Crippen molar-refractivity contribution in [1.82, 2.24) is 15.2 Å². The summed E-state index contributed by atoms with van der Waals surface area (Å²) >= 11 is 1.70. The molecule has 112 valence electrons. The number of nitrogens with one attached hydrogen (secondary N) is 1. The van der Waals surface area contributed by atoms with Crippen LogP contribution < -0.4 is 5.32 Å². The summed E-state index contributed by atoms with van der Waals surface area (Å²) in [5, 5.41) is 6.68. The van der Waals surface area contributed by atoms with Gasteiger partial charge in [0.15, 0.2) is 0 Å². The third-order valence-electron chi connectivity index (χ3n) is 2.97. The molecular weight excluding hydrogens is 274 g/mol. The first kappa shape index (κ1) is 15.3. The minimum absolute atomic E-state index is 0.217. The maximum atomic E-state index is 11.8. The Morgan fingerprint density at radius 2 is 2.25 bits per heavy atom. The highest BCUT2D eigenvalue weighted by atomic mass is 32.1. The van der Waals surface area contributed by atoms with Crippen LogP contribution in [0.3, 0.4) is 0 Å². The Balaban J connectivity index is 1.61. The zero-order valence-corrected chi connectivity index (χ0v) is 13.4. The van der Waals surface area contributed by atoms with Gasteiger partial charge in [-0.2, -0.15) is 0 Å². The minimum atomic E-state index is -0.418. The van der Waals surface area contributed by atoms with Crippen molar-refractivity contribution in [3.05, 3.63) is 16.1 Å². The number of likely N-dealkylation sites (tertiary alicyclic amines) is 1. The number of rotatable bonds is 4. The lowest BCUT2D eigenvalue weighted by Crippen LogP contribution is -2.60. The molecule has 0 aromatic carbocycles. The fourth-order valence-electron chi connectivity index (χ4n) is 1.98. The molecule has 0 saturated carbocycles. The van der Waals surface area contributed by atoms with Gasteiger partial charge in [0, 0.05) is 43.2 Å². The Morgan fingerprint density at radius 3 is 2.80 bits per heavy atom. The van der Waals surface area contributed by atoms with Crippen LogP contribution in [0.2, 0.25) is 0 Å². The molecule has 1 aliphatic heterocycles. The van der Waals surface area contributed by atoms with Gasteiger partial charge in [-0.25, -0.2) is 9.78 Å². The normalized spacial score (nSPS) is 16.1. The second-order valence-electron chi connectivity index (χ2n) is 6.17. The Hall–Kier alpha value is -1.14. The molecule has 1 fully saturated rings. The second kappa shape index (κ2) is 6.10. The standard InChI is InChI=1S/C14H23N3O2S/c1-10-9-20-12(16-10)5-6-15-11-7-17(8-11)13(18)19-14(2,3)4/h9,11,15H,5-8H2,1-4H3. The molecule has 2 heterocycles. The molecular formula is C14H23N3O2S. The van der Waals surface area contributed by atoms with Gasteiger partial charge >= 0.3 is 6.09 Å². The Kier molecular flexibility index (Phi) is 4.65. The van der Waals surface area contributed by atoms with E-state index >= 15 is 0 Å². The lowest BCUT2D eigenvalue weighted by Gasteiger charge is -2.40. The highest BCUT2D eigenvalue weighted by molar-refractivity contribution is 7.09. The summed E-state index contributed by atoms with van der Waals surface area (Å²) < 4.78 is 5.32. The molecule has 1 aromatic rings. The minimum Gasteiger partial charge on any atom is -0.444 e. The van der Waals surface area contributed by atoms with E-state index in [0.717, 1.165) is 31.7 Å². The van der Waals surface area contributed by atoms with E-state index < -0.39 is 5.60 Å². The van der Waals surface area contributed by atoms with Gasteiger partial charge in [-0.15, -0.1) is 11.3 Å². The molecule has 0 atom stereocenters. The number of thiazole rings is 1. The summed E-state index contributed by atoms with van der Waals surface area (Å²) in [5.74, 6) is 0. The van der Waals surface area contributed by atoms with E-state index in [1.807, 2.05) is 27.7 Å². The van der Waals surface area contributed by atoms with E-state index in [4.69, 9.17) is 4.74 Å². The first-order valence-corrected chi connectivity index (χ1v) is 7.84. The van der Waals surface area contributed by atoms with E-state index in [9.17, 15) is 4.79 Å². The van der Waals surface area contributed by atoms with Crippen LogP contribution in [0.5, 0.6) is 0 Å². The number of hydrogen-bond acceptors (Lipinski definition) is 5. The van der Waals surface area contributed by atoms with E-state index in [-0.39, 0.29) is 6.09 Å². The SMILES string of the molecule is Cc1csc(CCNC2CN(C(=O)OC(C)(C)C)C2)n1. The highest BCUT2D eigenvalue weighted by Crippen LogP contribution is 2.15. The van der Waals surface area contributed by atoms with Gasteiger partial charge in [-0.3, -0.25) is 0 Å². The van der Waals surface area contributed by atoms with Crippen LogP contribution in [0.1, 0.15) is 31.5 Å². The zero-order chi connectivity index (χ0) is 14.8. The predicted molar refractivity (Wildman–Crippen MR) is 80.2 cm³/mol. The third kappa shape index (κ3) is 4.45. The first-order chi connectivity index (χ1) is 9.33. The van der Waals surface area contributed by atoms with Crippen LogP contribution in [0.25, 0.3) is 0 Å². The van der Waals surface area contributed by atoms with Gasteiger partial charge in [0.1, 0.15) is 5.60 Å². The van der Waals surface area contributed by atoms with Gasteiger partial charge in [0.2, 0.25) is 0 Å². The number of amides is 1. The van der Waals surface area contributed by atoms with E-state index in [1.54, 1.807) is 16.2 Å². The molecule has 0 spiro atoms. The summed E-state index contributed by atoms with van der Waals surface area (Å²) in [7, 11) is 0. The average molecular weight is 297 g/mol. The molecule has 0 aliphatic carbocycles. The number of aromatic nitrogens is 1. The maximum absolute atomic E-state index is 11.8. The summed E-state index contributed by atoms with van der Waals surface area (Å²) in [5.41, 5.74) is 0.669. The molecule has 5 nitrogen and oxygen atoms in total. The Labute approximate surface area is 124 Å². The smallest absolute Gasteiger partial charge is 0.410 e. The van der Waals surface area contributed by atoms with Gasteiger partial charge in [-0.05, 0) is 27.7 Å². The average Bonchev–Trinajstić information content (AvgIpc) is 2.64. The fraction of sp³-hybridized carbons (Fsp3) is 0.714. The largest absolute Gasteiger partial charge is 0.444 e. The molecule has 1 aromatic heterocycles. The molecule has 0 bridgehead atoms. The molecule has 1 aliphatic rings. The van der Waals surface area contributed by atoms with Gasteiger partial charge < -0.3 is 15.0 Å². The molecule has 1 N–H and O–H groups in total.